The molecule has 0 rings (SSSR count). The Morgan fingerprint density at radius 1 is 0.471 bits per heavy atom. The predicted octanol–water partition coefficient (Wildman–Crippen LogP) is -2.58. The highest BCUT2D eigenvalue weighted by Gasteiger charge is 2.35. The molecule has 19 N–H and O–H groups in total. The van der Waals surface area contributed by atoms with Crippen LogP contribution >= 0.6 is 0 Å². The van der Waals surface area contributed by atoms with E-state index in [1.807, 2.05) is 13.8 Å². The van der Waals surface area contributed by atoms with Gasteiger partial charge in [0.05, 0.1) is 12.5 Å². The highest BCUT2D eigenvalue weighted by atomic mass is 16.4. The van der Waals surface area contributed by atoms with Gasteiger partial charge >= 0.3 is 5.97 Å². The number of rotatable bonds is 34. The summed E-state index contributed by atoms with van der Waals surface area (Å²) in [6.45, 7) is 16.0. The number of hydrogen-bond acceptors (Lipinski definition) is 13. The van der Waals surface area contributed by atoms with Crippen molar-refractivity contribution in [3.63, 3.8) is 0 Å². The highest BCUT2D eigenvalue weighted by Crippen LogP contribution is 2.13. The van der Waals surface area contributed by atoms with Gasteiger partial charge in [0.2, 0.25) is 47.3 Å². The van der Waals surface area contributed by atoms with Crippen LogP contribution in [0.2, 0.25) is 0 Å². The molecule has 9 atom stereocenters. The molecule has 68 heavy (non-hydrogen) atoms. The first kappa shape index (κ1) is 62.4. The van der Waals surface area contributed by atoms with Crippen LogP contribution in [-0.4, -0.2) is 137 Å². The van der Waals surface area contributed by atoms with Crippen molar-refractivity contribution in [2.24, 2.45) is 57.3 Å². The molecule has 0 fully saturated rings. The summed E-state index contributed by atoms with van der Waals surface area (Å²) in [6, 6.07) is -10.6. The standard InChI is InChI=1S/C44H83N13O11/c1-22(2)17-29(38(62)55-31(19-24(5)6)40(64)57-33(43(67)68)20-25(7)8)54-37(61)28(14-12-16-50-44(48)49)51-41(65)32(21-34(46)59)56-39(63)30(18-23(3)4)53-36(60)27(13-10-11-15-45)52-42(66)35(47)26(9)58/h22-33,35,58H,10-21,45,47H2,1-9H3,(H2,46,59)(H,51,65)(H,52,66)(H,53,60)(H,54,61)(H,55,62)(H,56,63)(H,57,64)(H,67,68)(H4,48,49,50)/t26-,27+,28+,29+,30+,31+,32+,33+,35+/m1/s1. The van der Waals surface area contributed by atoms with Crippen molar-refractivity contribution in [3.8, 4) is 0 Å². The molecule has 0 saturated carbocycles. The number of aliphatic hydroxyl groups is 1. The van der Waals surface area contributed by atoms with Crippen molar-refractivity contribution in [3.05, 3.63) is 0 Å². The van der Waals surface area contributed by atoms with Crippen LogP contribution in [0, 0.1) is 23.7 Å². The van der Waals surface area contributed by atoms with Crippen molar-refractivity contribution in [1.82, 2.24) is 37.2 Å². The topological polar surface area (TPSA) is 421 Å². The van der Waals surface area contributed by atoms with Crippen molar-refractivity contribution in [2.75, 3.05) is 13.1 Å². The number of amides is 8. The number of aliphatic hydroxyl groups excluding tert-OH is 1. The van der Waals surface area contributed by atoms with Crippen molar-refractivity contribution >= 4 is 59.2 Å². The SMILES string of the molecule is CC(C)C[C@H](NC(=O)[C@H](CC(C)C)NC(=O)[C@H](CC(C)C)NC(=O)[C@H](CCCN=C(N)N)NC(=O)[C@H](CC(N)=O)NC(=O)[C@H](CC(C)C)NC(=O)[C@H](CCCCN)NC(=O)[C@@H](N)[C@@H](C)O)C(=O)O. The van der Waals surface area contributed by atoms with E-state index in [-0.39, 0.29) is 81.1 Å². The van der Waals surface area contributed by atoms with Gasteiger partial charge in [0.1, 0.15) is 48.3 Å². The van der Waals surface area contributed by atoms with E-state index >= 15 is 0 Å². The van der Waals surface area contributed by atoms with E-state index in [1.54, 1.807) is 41.5 Å². The fraction of sp³-hybridized carbons (Fsp3) is 0.773. The Hall–Kier alpha value is -5.62. The molecule has 8 amide bonds. The number of unbranched alkanes of at least 4 members (excludes halogenated alkanes) is 1. The smallest absolute Gasteiger partial charge is 0.326 e. The predicted molar refractivity (Wildman–Crippen MR) is 255 cm³/mol. The van der Waals surface area contributed by atoms with Gasteiger partial charge in [0, 0.05) is 6.54 Å². The Morgan fingerprint density at radius 2 is 0.794 bits per heavy atom. The van der Waals surface area contributed by atoms with Gasteiger partial charge in [0.15, 0.2) is 5.96 Å². The number of carbonyl (C=O) groups excluding carboxylic acids is 8. The molecular weight excluding hydrogens is 887 g/mol. The highest BCUT2D eigenvalue weighted by molar-refractivity contribution is 5.98. The van der Waals surface area contributed by atoms with E-state index in [0.717, 1.165) is 0 Å². The fourth-order valence-corrected chi connectivity index (χ4v) is 6.87. The third kappa shape index (κ3) is 26.1. The third-order valence-electron chi connectivity index (χ3n) is 10.4. The molecule has 0 aromatic carbocycles. The third-order valence-corrected chi connectivity index (χ3v) is 10.4. The number of carboxylic acid groups (broad SMARTS) is 1. The summed E-state index contributed by atoms with van der Waals surface area (Å²) in [5, 5.41) is 37.6. The van der Waals surface area contributed by atoms with Crippen molar-refractivity contribution in [2.45, 2.75) is 181 Å². The Bertz CT molecular complexity index is 1690. The van der Waals surface area contributed by atoms with Gasteiger partial charge in [-0.1, -0.05) is 55.4 Å². The van der Waals surface area contributed by atoms with E-state index in [1.165, 1.54) is 6.92 Å². The molecule has 0 saturated heterocycles. The number of carboxylic acids is 1. The molecule has 0 aromatic rings. The number of guanidine groups is 1. The molecule has 0 radical (unpaired) electrons. The Balaban J connectivity index is 6.76. The van der Waals surface area contributed by atoms with Crippen LogP contribution in [0.25, 0.3) is 0 Å². The van der Waals surface area contributed by atoms with Crippen LogP contribution in [0.3, 0.4) is 0 Å². The van der Waals surface area contributed by atoms with Gasteiger partial charge in [-0.15, -0.1) is 0 Å². The van der Waals surface area contributed by atoms with Crippen LogP contribution in [0.15, 0.2) is 4.99 Å². The monoisotopic (exact) mass is 970 g/mol. The summed E-state index contributed by atoms with van der Waals surface area (Å²) < 4.78 is 0. The van der Waals surface area contributed by atoms with Crippen LogP contribution < -0.4 is 65.9 Å². The molecule has 0 heterocycles. The zero-order valence-electron chi connectivity index (χ0n) is 41.4. The molecule has 0 bridgehead atoms. The first-order chi connectivity index (χ1) is 31.6. The Labute approximate surface area is 400 Å². The molecule has 0 aliphatic carbocycles. The van der Waals surface area contributed by atoms with Crippen LogP contribution in [0.4, 0.5) is 0 Å². The largest absolute Gasteiger partial charge is 0.480 e. The fourth-order valence-electron chi connectivity index (χ4n) is 6.87. The van der Waals surface area contributed by atoms with Crippen molar-refractivity contribution in [1.29, 1.82) is 0 Å². The van der Waals surface area contributed by atoms with E-state index < -0.39 is 114 Å². The zero-order chi connectivity index (χ0) is 52.4. The van der Waals surface area contributed by atoms with Crippen LogP contribution in [0.5, 0.6) is 0 Å². The van der Waals surface area contributed by atoms with Gasteiger partial charge in [-0.25, -0.2) is 4.79 Å². The van der Waals surface area contributed by atoms with E-state index in [2.05, 4.69) is 42.2 Å². The minimum absolute atomic E-state index is 0.0225. The summed E-state index contributed by atoms with van der Waals surface area (Å²) in [5.74, 6) is -8.89. The Morgan fingerprint density at radius 3 is 1.15 bits per heavy atom. The van der Waals surface area contributed by atoms with Crippen LogP contribution in [-0.2, 0) is 43.2 Å². The average molecular weight is 970 g/mol. The van der Waals surface area contributed by atoms with Gasteiger partial charge < -0.3 is 76.1 Å². The second-order valence-electron chi connectivity index (χ2n) is 19.0. The summed E-state index contributed by atoms with van der Waals surface area (Å²) in [5.41, 5.74) is 27.9. The number of aliphatic carboxylic acids is 1. The maximum atomic E-state index is 14.1. The summed E-state index contributed by atoms with van der Waals surface area (Å²) in [4.78, 5) is 124. The first-order valence-electron chi connectivity index (χ1n) is 23.4. The Kier molecular flexibility index (Phi) is 29.5. The molecule has 0 aliphatic rings. The molecule has 0 aromatic heterocycles. The molecule has 24 heteroatoms. The van der Waals surface area contributed by atoms with Gasteiger partial charge in [0.25, 0.3) is 0 Å². The van der Waals surface area contributed by atoms with Gasteiger partial charge in [-0.05, 0) is 94.9 Å². The average Bonchev–Trinajstić information content (AvgIpc) is 3.21. The number of nitrogens with two attached hydrogens (primary N) is 5. The van der Waals surface area contributed by atoms with E-state index in [4.69, 9.17) is 28.7 Å². The lowest BCUT2D eigenvalue weighted by molar-refractivity contribution is -0.143. The normalized spacial score (nSPS) is 15.4. The minimum atomic E-state index is -1.68. The quantitative estimate of drug-likeness (QED) is 0.0179. The number of aliphatic imine (C=N–C) groups is 1. The minimum Gasteiger partial charge on any atom is -0.480 e. The molecule has 0 spiro atoms. The molecule has 0 unspecified atom stereocenters. The number of hydrogen-bond donors (Lipinski definition) is 14. The maximum absolute atomic E-state index is 14.1. The second kappa shape index (κ2) is 32.2. The number of nitrogens with one attached hydrogen (secondary N) is 7. The number of primary amides is 1. The summed E-state index contributed by atoms with van der Waals surface area (Å²) in [6.07, 6.45) is -0.562. The maximum Gasteiger partial charge on any atom is 0.326 e. The number of nitrogens with zero attached hydrogens (tertiary/aromatic N) is 1. The second-order valence-corrected chi connectivity index (χ2v) is 19.0. The van der Waals surface area contributed by atoms with E-state index in [9.17, 15) is 53.4 Å². The molecule has 390 valence electrons. The first-order valence-corrected chi connectivity index (χ1v) is 23.4. The van der Waals surface area contributed by atoms with Crippen molar-refractivity contribution < 1.29 is 53.4 Å². The molecule has 24 nitrogen and oxygen atoms in total. The molecular formula is C44H83N13O11. The zero-order valence-corrected chi connectivity index (χ0v) is 41.4. The summed E-state index contributed by atoms with van der Waals surface area (Å²) >= 11 is 0. The van der Waals surface area contributed by atoms with E-state index in [0.29, 0.717) is 19.4 Å². The number of carbonyl (C=O) groups is 9. The lowest BCUT2D eigenvalue weighted by Gasteiger charge is -2.29. The van der Waals surface area contributed by atoms with Crippen LogP contribution in [0.1, 0.15) is 127 Å². The van der Waals surface area contributed by atoms with Gasteiger partial charge in [-0.3, -0.25) is 43.3 Å². The summed E-state index contributed by atoms with van der Waals surface area (Å²) in [7, 11) is 0. The lowest BCUT2D eigenvalue weighted by atomic mass is 9.98. The lowest BCUT2D eigenvalue weighted by Crippen LogP contribution is -2.61. The van der Waals surface area contributed by atoms with Gasteiger partial charge in [-0.2, -0.15) is 0 Å². The molecule has 0 aliphatic heterocycles.